The molecule has 2 amide bonds. The van der Waals surface area contributed by atoms with E-state index in [-0.39, 0.29) is 29.0 Å². The highest BCUT2D eigenvalue weighted by Crippen LogP contribution is 2.30. The van der Waals surface area contributed by atoms with Crippen molar-refractivity contribution in [3.05, 3.63) is 58.3 Å². The summed E-state index contributed by atoms with van der Waals surface area (Å²) in [7, 11) is 1.54. The number of hydrogen-bond donors (Lipinski definition) is 2. The molecule has 1 aromatic heterocycles. The number of carbonyl (C=O) groups is 2. The lowest BCUT2D eigenvalue weighted by molar-refractivity contribution is -0.116. The summed E-state index contributed by atoms with van der Waals surface area (Å²) in [5.41, 5.74) is 1.02. The number of ether oxygens (including phenoxy) is 1. The first-order chi connectivity index (χ1) is 15.4. The van der Waals surface area contributed by atoms with Crippen LogP contribution < -0.4 is 15.4 Å². The first-order valence-electron chi connectivity index (χ1n) is 9.64. The van der Waals surface area contributed by atoms with Crippen molar-refractivity contribution in [3.63, 3.8) is 0 Å². The van der Waals surface area contributed by atoms with Gasteiger partial charge in [0, 0.05) is 6.54 Å². The van der Waals surface area contributed by atoms with Gasteiger partial charge in [-0.05, 0) is 31.2 Å². The van der Waals surface area contributed by atoms with Gasteiger partial charge < -0.3 is 19.9 Å². The summed E-state index contributed by atoms with van der Waals surface area (Å²) >= 11 is 13.3. The summed E-state index contributed by atoms with van der Waals surface area (Å²) in [4.78, 5) is 24.8. The van der Waals surface area contributed by atoms with Crippen molar-refractivity contribution in [2.45, 2.75) is 25.0 Å². The molecule has 11 heteroatoms. The molecule has 8 nitrogen and oxygen atoms in total. The zero-order valence-electron chi connectivity index (χ0n) is 17.4. The number of anilines is 2. The van der Waals surface area contributed by atoms with E-state index in [0.717, 1.165) is 0 Å². The standard InChI is InChI=1S/C21H21Cl2N5O3S/c1-3-28-17(11-18(29)24-14-8-4-5-10-16(14)31-2)26-27-21(28)32-12-19(30)25-15-9-6-7-13(22)20(15)23/h4-10H,3,11-12H2,1-2H3,(H,24,29)(H,25,30). The Morgan fingerprint density at radius 3 is 2.50 bits per heavy atom. The van der Waals surface area contributed by atoms with Crippen molar-refractivity contribution >= 4 is 58.2 Å². The molecule has 0 aliphatic heterocycles. The number of nitrogens with zero attached hydrogens (tertiary/aromatic N) is 3. The minimum absolute atomic E-state index is 0.0315. The highest BCUT2D eigenvalue weighted by molar-refractivity contribution is 7.99. The molecule has 0 aliphatic rings. The minimum Gasteiger partial charge on any atom is -0.495 e. The van der Waals surface area contributed by atoms with E-state index in [2.05, 4.69) is 20.8 Å². The number of benzene rings is 2. The fourth-order valence-corrected chi connectivity index (χ4v) is 4.05. The number of aromatic nitrogens is 3. The third-order valence-electron chi connectivity index (χ3n) is 4.37. The SMILES string of the molecule is CCn1c(CC(=O)Nc2ccccc2OC)nnc1SCC(=O)Nc1cccc(Cl)c1Cl. The van der Waals surface area contributed by atoms with E-state index in [1.54, 1.807) is 42.0 Å². The maximum absolute atomic E-state index is 12.5. The lowest BCUT2D eigenvalue weighted by atomic mass is 10.2. The van der Waals surface area contributed by atoms with Gasteiger partial charge in [-0.15, -0.1) is 10.2 Å². The summed E-state index contributed by atoms with van der Waals surface area (Å²) in [6.07, 6.45) is 0.0315. The molecule has 0 saturated heterocycles. The number of nitrogens with one attached hydrogen (secondary N) is 2. The average molecular weight is 494 g/mol. The molecule has 0 atom stereocenters. The van der Waals surface area contributed by atoms with Crippen LogP contribution >= 0.6 is 35.0 Å². The number of halogens is 2. The van der Waals surface area contributed by atoms with Crippen molar-refractivity contribution in [1.82, 2.24) is 14.8 Å². The summed E-state index contributed by atoms with van der Waals surface area (Å²) in [6, 6.07) is 12.2. The third-order valence-corrected chi connectivity index (χ3v) is 6.15. The fraction of sp³-hybridized carbons (Fsp3) is 0.238. The largest absolute Gasteiger partial charge is 0.495 e. The Kier molecular flexibility index (Phi) is 8.38. The molecular weight excluding hydrogens is 473 g/mol. The summed E-state index contributed by atoms with van der Waals surface area (Å²) in [6.45, 7) is 2.47. The van der Waals surface area contributed by atoms with E-state index in [4.69, 9.17) is 27.9 Å². The second-order valence-corrected chi connectivity index (χ2v) is 8.23. The van der Waals surface area contributed by atoms with Gasteiger partial charge in [-0.3, -0.25) is 9.59 Å². The Balaban J connectivity index is 1.61. The van der Waals surface area contributed by atoms with Gasteiger partial charge in [0.05, 0.1) is 40.7 Å². The van der Waals surface area contributed by atoms with Gasteiger partial charge in [0.2, 0.25) is 11.8 Å². The van der Waals surface area contributed by atoms with Crippen molar-refractivity contribution in [1.29, 1.82) is 0 Å². The lowest BCUT2D eigenvalue weighted by Crippen LogP contribution is -2.18. The second-order valence-electron chi connectivity index (χ2n) is 6.51. The van der Waals surface area contributed by atoms with Crippen molar-refractivity contribution < 1.29 is 14.3 Å². The van der Waals surface area contributed by atoms with Crippen LogP contribution in [0.4, 0.5) is 11.4 Å². The summed E-state index contributed by atoms with van der Waals surface area (Å²) in [5.74, 6) is 0.649. The van der Waals surface area contributed by atoms with Crippen LogP contribution in [0.1, 0.15) is 12.7 Å². The highest BCUT2D eigenvalue weighted by Gasteiger charge is 2.17. The Bertz CT molecular complexity index is 1120. The van der Waals surface area contributed by atoms with Gasteiger partial charge in [-0.25, -0.2) is 0 Å². The number of rotatable bonds is 9. The molecule has 0 bridgehead atoms. The van der Waals surface area contributed by atoms with Crippen molar-refractivity contribution in [3.8, 4) is 5.75 Å². The Morgan fingerprint density at radius 1 is 1.03 bits per heavy atom. The predicted molar refractivity (Wildman–Crippen MR) is 127 cm³/mol. The molecule has 168 valence electrons. The molecular formula is C21H21Cl2N5O3S. The average Bonchev–Trinajstić information content (AvgIpc) is 3.17. The molecule has 2 N–H and O–H groups in total. The Morgan fingerprint density at radius 2 is 1.75 bits per heavy atom. The lowest BCUT2D eigenvalue weighted by Gasteiger charge is -2.11. The van der Waals surface area contributed by atoms with E-state index >= 15 is 0 Å². The number of amides is 2. The minimum atomic E-state index is -0.264. The van der Waals surface area contributed by atoms with Crippen LogP contribution in [0.3, 0.4) is 0 Å². The van der Waals surface area contributed by atoms with E-state index < -0.39 is 0 Å². The van der Waals surface area contributed by atoms with E-state index in [1.807, 2.05) is 19.1 Å². The molecule has 2 aromatic carbocycles. The number of thioether (sulfide) groups is 1. The number of carbonyl (C=O) groups excluding carboxylic acids is 2. The maximum atomic E-state index is 12.5. The number of methoxy groups -OCH3 is 1. The second kappa shape index (κ2) is 11.2. The zero-order valence-corrected chi connectivity index (χ0v) is 19.7. The molecule has 3 rings (SSSR count). The van der Waals surface area contributed by atoms with Gasteiger partial charge in [0.25, 0.3) is 0 Å². The van der Waals surface area contributed by atoms with Crippen LogP contribution in [0.25, 0.3) is 0 Å². The summed E-state index contributed by atoms with van der Waals surface area (Å²) < 4.78 is 7.05. The van der Waals surface area contributed by atoms with Crippen LogP contribution in [-0.2, 0) is 22.6 Å². The molecule has 0 aliphatic carbocycles. The van der Waals surface area contributed by atoms with E-state index in [1.165, 1.54) is 11.8 Å². The smallest absolute Gasteiger partial charge is 0.234 e. The molecule has 0 radical (unpaired) electrons. The van der Waals surface area contributed by atoms with Crippen LogP contribution in [-0.4, -0.2) is 39.4 Å². The number of para-hydroxylation sites is 2. The Labute approximate surface area is 199 Å². The normalized spacial score (nSPS) is 10.6. The first-order valence-corrected chi connectivity index (χ1v) is 11.4. The first kappa shape index (κ1) is 23.9. The van der Waals surface area contributed by atoms with Crippen LogP contribution in [0.2, 0.25) is 10.0 Å². The van der Waals surface area contributed by atoms with Gasteiger partial charge >= 0.3 is 0 Å². The van der Waals surface area contributed by atoms with E-state index in [0.29, 0.717) is 39.7 Å². The molecule has 3 aromatic rings. The maximum Gasteiger partial charge on any atom is 0.234 e. The van der Waals surface area contributed by atoms with Crippen LogP contribution in [0, 0.1) is 0 Å². The van der Waals surface area contributed by atoms with Crippen molar-refractivity contribution in [2.75, 3.05) is 23.5 Å². The fourth-order valence-electron chi connectivity index (χ4n) is 2.88. The van der Waals surface area contributed by atoms with Crippen LogP contribution in [0.15, 0.2) is 47.6 Å². The Hall–Kier alpha value is -2.75. The molecule has 0 unspecified atom stereocenters. The third kappa shape index (κ3) is 5.93. The molecule has 32 heavy (non-hydrogen) atoms. The van der Waals surface area contributed by atoms with Gasteiger partial charge in [0.15, 0.2) is 5.16 Å². The van der Waals surface area contributed by atoms with Gasteiger partial charge in [-0.1, -0.05) is 53.2 Å². The van der Waals surface area contributed by atoms with E-state index in [9.17, 15) is 9.59 Å². The molecule has 1 heterocycles. The zero-order chi connectivity index (χ0) is 23.1. The highest BCUT2D eigenvalue weighted by atomic mass is 35.5. The quantitative estimate of drug-likeness (QED) is 0.425. The van der Waals surface area contributed by atoms with Gasteiger partial charge in [0.1, 0.15) is 11.6 Å². The summed E-state index contributed by atoms with van der Waals surface area (Å²) in [5, 5.41) is 15.0. The molecule has 0 saturated carbocycles. The monoisotopic (exact) mass is 493 g/mol. The number of hydrogen-bond acceptors (Lipinski definition) is 6. The molecule has 0 spiro atoms. The topological polar surface area (TPSA) is 98.1 Å². The molecule has 0 fully saturated rings. The van der Waals surface area contributed by atoms with Crippen molar-refractivity contribution in [2.24, 2.45) is 0 Å². The predicted octanol–water partition coefficient (Wildman–Crippen LogP) is 4.53. The van der Waals surface area contributed by atoms with Gasteiger partial charge in [-0.2, -0.15) is 0 Å². The van der Waals surface area contributed by atoms with Crippen LogP contribution in [0.5, 0.6) is 5.75 Å².